The van der Waals surface area contributed by atoms with Crippen LogP contribution in [-0.2, 0) is 14.3 Å². The number of carbonyl (C=O) groups excluding carboxylic acids is 1. The van der Waals surface area contributed by atoms with Crippen LogP contribution in [0.5, 0.6) is 0 Å². The maximum absolute atomic E-state index is 14.4. The predicted molar refractivity (Wildman–Crippen MR) is 85.2 cm³/mol. The van der Waals surface area contributed by atoms with E-state index < -0.39 is 0 Å². The Labute approximate surface area is 135 Å². The van der Waals surface area contributed by atoms with Gasteiger partial charge in [-0.1, -0.05) is 6.07 Å². The standard InChI is InChI=1S/C16H22FN3O3/c1-12(21)18-9-13-10-20(11-23-13)15-4-2-3-14(17)16(15)19-5-7-22-8-6-19/h2-4,13H,5-11H2,1H3,(H,18,21)/t13-/m0/s1. The van der Waals surface area contributed by atoms with Crippen molar-refractivity contribution in [1.82, 2.24) is 5.32 Å². The Morgan fingerprint density at radius 2 is 2.13 bits per heavy atom. The number of carbonyl (C=O) groups is 1. The van der Waals surface area contributed by atoms with E-state index in [0.717, 1.165) is 5.69 Å². The van der Waals surface area contributed by atoms with Crippen molar-refractivity contribution in [2.45, 2.75) is 13.0 Å². The number of ether oxygens (including phenoxy) is 2. The summed E-state index contributed by atoms with van der Waals surface area (Å²) in [6, 6.07) is 5.12. The van der Waals surface area contributed by atoms with Crippen LogP contribution in [0.25, 0.3) is 0 Å². The van der Waals surface area contributed by atoms with Gasteiger partial charge >= 0.3 is 0 Å². The van der Waals surface area contributed by atoms with Gasteiger partial charge in [-0.3, -0.25) is 4.79 Å². The average Bonchev–Trinajstić information content (AvgIpc) is 3.02. The van der Waals surface area contributed by atoms with Crippen LogP contribution >= 0.6 is 0 Å². The lowest BCUT2D eigenvalue weighted by Crippen LogP contribution is -2.38. The van der Waals surface area contributed by atoms with Crippen molar-refractivity contribution in [3.05, 3.63) is 24.0 Å². The average molecular weight is 323 g/mol. The van der Waals surface area contributed by atoms with Crippen molar-refractivity contribution in [3.63, 3.8) is 0 Å². The SMILES string of the molecule is CC(=O)NC[C@H]1CN(c2cccc(F)c2N2CCOCC2)CO1. The summed E-state index contributed by atoms with van der Waals surface area (Å²) in [7, 11) is 0. The molecule has 1 amide bonds. The highest BCUT2D eigenvalue weighted by Crippen LogP contribution is 2.34. The van der Waals surface area contributed by atoms with Crippen molar-refractivity contribution in [2.75, 3.05) is 55.9 Å². The Kier molecular flexibility index (Phi) is 4.97. The Morgan fingerprint density at radius 3 is 2.87 bits per heavy atom. The monoisotopic (exact) mass is 323 g/mol. The fourth-order valence-electron chi connectivity index (χ4n) is 2.95. The Balaban J connectivity index is 1.75. The van der Waals surface area contributed by atoms with Gasteiger partial charge in [0, 0.05) is 33.1 Å². The van der Waals surface area contributed by atoms with Gasteiger partial charge in [0.1, 0.15) is 12.5 Å². The molecule has 3 rings (SSSR count). The third kappa shape index (κ3) is 3.73. The van der Waals surface area contributed by atoms with Crippen LogP contribution in [0.15, 0.2) is 18.2 Å². The van der Waals surface area contributed by atoms with Gasteiger partial charge in [-0.15, -0.1) is 0 Å². The van der Waals surface area contributed by atoms with E-state index in [4.69, 9.17) is 9.47 Å². The van der Waals surface area contributed by atoms with Gasteiger partial charge in [-0.2, -0.15) is 0 Å². The summed E-state index contributed by atoms with van der Waals surface area (Å²) in [4.78, 5) is 15.0. The highest BCUT2D eigenvalue weighted by molar-refractivity contribution is 5.73. The molecule has 126 valence electrons. The highest BCUT2D eigenvalue weighted by Gasteiger charge is 2.28. The molecule has 23 heavy (non-hydrogen) atoms. The molecule has 7 heteroatoms. The fourth-order valence-corrected chi connectivity index (χ4v) is 2.95. The number of nitrogens with zero attached hydrogens (tertiary/aromatic N) is 2. The van der Waals surface area contributed by atoms with Gasteiger partial charge in [0.25, 0.3) is 0 Å². The second-order valence-corrected chi connectivity index (χ2v) is 5.78. The maximum atomic E-state index is 14.4. The first kappa shape index (κ1) is 16.0. The van der Waals surface area contributed by atoms with E-state index in [9.17, 15) is 9.18 Å². The number of halogens is 1. The minimum Gasteiger partial charge on any atom is -0.378 e. The van der Waals surface area contributed by atoms with Gasteiger partial charge < -0.3 is 24.6 Å². The molecule has 0 bridgehead atoms. The number of amides is 1. The summed E-state index contributed by atoms with van der Waals surface area (Å²) in [6.45, 7) is 5.54. The van der Waals surface area contributed by atoms with Crippen LogP contribution < -0.4 is 15.1 Å². The molecule has 0 radical (unpaired) electrons. The minimum atomic E-state index is -0.227. The lowest BCUT2D eigenvalue weighted by atomic mass is 10.2. The number of para-hydroxylation sites is 1. The molecule has 6 nitrogen and oxygen atoms in total. The van der Waals surface area contributed by atoms with Crippen LogP contribution in [0, 0.1) is 5.82 Å². The molecule has 0 aliphatic carbocycles. The maximum Gasteiger partial charge on any atom is 0.216 e. The topological polar surface area (TPSA) is 54.0 Å². The molecule has 2 heterocycles. The van der Waals surface area contributed by atoms with E-state index in [1.165, 1.54) is 13.0 Å². The van der Waals surface area contributed by atoms with E-state index in [2.05, 4.69) is 5.32 Å². The van der Waals surface area contributed by atoms with Crippen LogP contribution in [0.4, 0.5) is 15.8 Å². The second-order valence-electron chi connectivity index (χ2n) is 5.78. The normalized spacial score (nSPS) is 21.6. The van der Waals surface area contributed by atoms with Gasteiger partial charge in [-0.25, -0.2) is 4.39 Å². The van der Waals surface area contributed by atoms with E-state index in [-0.39, 0.29) is 17.8 Å². The number of benzene rings is 1. The molecule has 2 saturated heterocycles. The van der Waals surface area contributed by atoms with Crippen molar-refractivity contribution < 1.29 is 18.7 Å². The fraction of sp³-hybridized carbons (Fsp3) is 0.562. The van der Waals surface area contributed by atoms with Gasteiger partial charge in [0.05, 0.1) is 30.7 Å². The molecule has 1 atom stereocenters. The van der Waals surface area contributed by atoms with Gasteiger partial charge in [0.15, 0.2) is 0 Å². The Morgan fingerprint density at radius 1 is 1.35 bits per heavy atom. The summed E-state index contributed by atoms with van der Waals surface area (Å²) < 4.78 is 25.5. The number of rotatable bonds is 4. The first-order chi connectivity index (χ1) is 11.1. The quantitative estimate of drug-likeness (QED) is 0.894. The van der Waals surface area contributed by atoms with Crippen LogP contribution in [0.2, 0.25) is 0 Å². The summed E-state index contributed by atoms with van der Waals surface area (Å²) in [5.41, 5.74) is 1.44. The first-order valence-corrected chi connectivity index (χ1v) is 7.87. The van der Waals surface area contributed by atoms with Crippen molar-refractivity contribution in [1.29, 1.82) is 0 Å². The zero-order valence-corrected chi connectivity index (χ0v) is 13.3. The number of anilines is 2. The summed E-state index contributed by atoms with van der Waals surface area (Å²) in [5.74, 6) is -0.304. The zero-order valence-electron chi connectivity index (χ0n) is 13.3. The van der Waals surface area contributed by atoms with Crippen molar-refractivity contribution in [2.24, 2.45) is 0 Å². The molecule has 2 fully saturated rings. The number of morpholine rings is 1. The molecule has 0 aromatic heterocycles. The largest absolute Gasteiger partial charge is 0.378 e. The molecule has 0 unspecified atom stereocenters. The van der Waals surface area contributed by atoms with Gasteiger partial charge in [-0.05, 0) is 12.1 Å². The van der Waals surface area contributed by atoms with Crippen LogP contribution in [-0.4, -0.2) is 58.1 Å². The molecule has 0 spiro atoms. The first-order valence-electron chi connectivity index (χ1n) is 7.87. The number of nitrogens with one attached hydrogen (secondary N) is 1. The lowest BCUT2D eigenvalue weighted by Gasteiger charge is -2.32. The Bertz CT molecular complexity index is 564. The number of hydrogen-bond donors (Lipinski definition) is 1. The van der Waals surface area contributed by atoms with E-state index >= 15 is 0 Å². The Hall–Kier alpha value is -1.86. The molecule has 0 saturated carbocycles. The van der Waals surface area contributed by atoms with E-state index in [1.807, 2.05) is 15.9 Å². The minimum absolute atomic E-state index is 0.0770. The predicted octanol–water partition coefficient (Wildman–Crippen LogP) is 0.961. The van der Waals surface area contributed by atoms with Crippen LogP contribution in [0.3, 0.4) is 0 Å². The lowest BCUT2D eigenvalue weighted by molar-refractivity contribution is -0.119. The van der Waals surface area contributed by atoms with E-state index in [1.54, 1.807) is 6.07 Å². The summed E-state index contributed by atoms with van der Waals surface area (Å²) in [6.07, 6.45) is -0.0836. The number of hydrogen-bond acceptors (Lipinski definition) is 5. The summed E-state index contributed by atoms with van der Waals surface area (Å²) in [5, 5.41) is 2.76. The molecule has 2 aliphatic rings. The second kappa shape index (κ2) is 7.14. The van der Waals surface area contributed by atoms with E-state index in [0.29, 0.717) is 51.8 Å². The smallest absolute Gasteiger partial charge is 0.216 e. The van der Waals surface area contributed by atoms with Crippen molar-refractivity contribution >= 4 is 17.3 Å². The van der Waals surface area contributed by atoms with Gasteiger partial charge in [0.2, 0.25) is 5.91 Å². The molecule has 1 aromatic carbocycles. The summed E-state index contributed by atoms with van der Waals surface area (Å²) >= 11 is 0. The zero-order chi connectivity index (χ0) is 16.2. The van der Waals surface area contributed by atoms with Crippen LogP contribution in [0.1, 0.15) is 6.92 Å². The third-order valence-corrected chi connectivity index (χ3v) is 4.10. The molecule has 1 N–H and O–H groups in total. The molecule has 2 aliphatic heterocycles. The highest BCUT2D eigenvalue weighted by atomic mass is 19.1. The molecular formula is C16H22FN3O3. The van der Waals surface area contributed by atoms with Crippen molar-refractivity contribution in [3.8, 4) is 0 Å². The molecule has 1 aromatic rings. The molecular weight excluding hydrogens is 301 g/mol. The third-order valence-electron chi connectivity index (χ3n) is 4.10.